The maximum atomic E-state index is 12.9. The average Bonchev–Trinajstić information content (AvgIpc) is 3.11. The van der Waals surface area contributed by atoms with Crippen LogP contribution >= 0.6 is 12.2 Å². The molecule has 1 N–H and O–H groups in total. The van der Waals surface area contributed by atoms with Gasteiger partial charge < -0.3 is 9.47 Å². The Hall–Kier alpha value is -3.67. The van der Waals surface area contributed by atoms with Crippen molar-refractivity contribution in [2.24, 2.45) is 5.10 Å². The summed E-state index contributed by atoms with van der Waals surface area (Å²) < 4.78 is 37.7. The van der Waals surface area contributed by atoms with E-state index < -0.39 is 17.2 Å². The molecule has 0 aliphatic rings. The van der Waals surface area contributed by atoms with Gasteiger partial charge in [0.2, 0.25) is 10.6 Å². The van der Waals surface area contributed by atoms with Gasteiger partial charge in [-0.2, -0.15) is 14.9 Å². The van der Waals surface area contributed by atoms with E-state index in [1.54, 1.807) is 30.3 Å². The van der Waals surface area contributed by atoms with Crippen LogP contribution in [0.2, 0.25) is 0 Å². The van der Waals surface area contributed by atoms with Gasteiger partial charge in [-0.15, -0.1) is 0 Å². The lowest BCUT2D eigenvalue weighted by atomic mass is 10.2. The number of H-pyrrole nitrogens is 1. The third kappa shape index (κ3) is 4.84. The molecule has 0 saturated heterocycles. The fraction of sp³-hybridized carbons (Fsp3) is 0.167. The molecule has 0 aliphatic carbocycles. The maximum absolute atomic E-state index is 12.9. The van der Waals surface area contributed by atoms with Crippen LogP contribution in [0.1, 0.15) is 23.4 Å². The van der Waals surface area contributed by atoms with E-state index in [9.17, 15) is 18.9 Å². The first kappa shape index (κ1) is 21.0. The molecule has 0 aliphatic heterocycles. The first-order valence-corrected chi connectivity index (χ1v) is 8.84. The second kappa shape index (κ2) is 9.22. The molecule has 0 fully saturated rings. The molecule has 0 atom stereocenters. The van der Waals surface area contributed by atoms with Crippen LogP contribution in [0.3, 0.4) is 0 Å². The molecule has 0 radical (unpaired) electrons. The summed E-state index contributed by atoms with van der Waals surface area (Å²) in [4.78, 5) is 10.2. The van der Waals surface area contributed by atoms with Crippen molar-refractivity contribution >= 4 is 24.1 Å². The number of hydrogen-bond donors (Lipinski definition) is 1. The minimum Gasteiger partial charge on any atom is -0.493 e. The molecule has 0 saturated carbocycles. The van der Waals surface area contributed by atoms with E-state index in [1.165, 1.54) is 25.5 Å². The zero-order valence-electron chi connectivity index (χ0n) is 15.5. The zero-order valence-corrected chi connectivity index (χ0v) is 16.3. The highest BCUT2D eigenvalue weighted by Gasteiger charge is 2.16. The van der Waals surface area contributed by atoms with Crippen molar-refractivity contribution in [1.82, 2.24) is 14.9 Å². The summed E-state index contributed by atoms with van der Waals surface area (Å²) in [5.41, 5.74) is 1.28. The number of methoxy groups -OCH3 is 1. The lowest BCUT2D eigenvalue weighted by molar-refractivity contribution is -0.384. The van der Waals surface area contributed by atoms with Crippen LogP contribution in [0.4, 0.5) is 14.5 Å². The summed E-state index contributed by atoms with van der Waals surface area (Å²) >= 11 is 4.90. The van der Waals surface area contributed by atoms with Crippen LogP contribution in [-0.2, 0) is 6.61 Å². The lowest BCUT2D eigenvalue weighted by Crippen LogP contribution is -2.00. The second-order valence-electron chi connectivity index (χ2n) is 5.87. The van der Waals surface area contributed by atoms with Crippen LogP contribution in [0.15, 0.2) is 47.6 Å². The smallest absolute Gasteiger partial charge is 0.299 e. The Balaban J connectivity index is 1.74. The Kier molecular flexibility index (Phi) is 6.47. The summed E-state index contributed by atoms with van der Waals surface area (Å²) in [6.45, 7) is 0.170. The number of nitro groups is 1. The van der Waals surface area contributed by atoms with Crippen LogP contribution < -0.4 is 9.47 Å². The molecule has 2 aromatic carbocycles. The minimum absolute atomic E-state index is 0.00676. The number of aromatic amines is 1. The van der Waals surface area contributed by atoms with Gasteiger partial charge in [-0.1, -0.05) is 0 Å². The summed E-state index contributed by atoms with van der Waals surface area (Å²) in [6.07, 6.45) is -1.50. The third-order valence-electron chi connectivity index (χ3n) is 3.92. The summed E-state index contributed by atoms with van der Waals surface area (Å²) in [6, 6.07) is 10.9. The van der Waals surface area contributed by atoms with Crippen molar-refractivity contribution in [3.8, 4) is 11.5 Å². The predicted octanol–water partition coefficient (Wildman–Crippen LogP) is 4.26. The highest BCUT2D eigenvalue weighted by molar-refractivity contribution is 7.71. The van der Waals surface area contributed by atoms with Gasteiger partial charge in [0, 0.05) is 12.1 Å². The molecule has 0 bridgehead atoms. The van der Waals surface area contributed by atoms with Crippen molar-refractivity contribution in [2.45, 2.75) is 13.0 Å². The molecule has 0 amide bonds. The third-order valence-corrected chi connectivity index (χ3v) is 4.19. The van der Waals surface area contributed by atoms with Crippen LogP contribution in [0.5, 0.6) is 11.5 Å². The lowest BCUT2D eigenvalue weighted by Gasteiger charge is -2.11. The Morgan fingerprint density at radius 3 is 2.67 bits per heavy atom. The Morgan fingerprint density at radius 1 is 1.30 bits per heavy atom. The molecular weight excluding hydrogens is 420 g/mol. The number of nitro benzene ring substituents is 1. The Bertz CT molecular complexity index is 1130. The molecule has 1 heterocycles. The van der Waals surface area contributed by atoms with E-state index in [0.29, 0.717) is 17.1 Å². The van der Waals surface area contributed by atoms with E-state index >= 15 is 0 Å². The van der Waals surface area contributed by atoms with Crippen LogP contribution in [0, 0.1) is 14.9 Å². The number of nitrogens with zero attached hydrogens (tertiary/aromatic N) is 4. The number of hydrogen-bond acceptors (Lipinski definition) is 7. The number of non-ortho nitro benzene ring substituents is 1. The van der Waals surface area contributed by atoms with Crippen molar-refractivity contribution in [3.63, 3.8) is 0 Å². The second-order valence-corrected chi connectivity index (χ2v) is 6.25. The SMILES string of the molecule is COc1cc(/C=N\n2c(C(F)F)n[nH]c2=S)ccc1OCc1ccc([N+](=O)[O-])cc1. The number of nitrogens with one attached hydrogen (secondary N) is 1. The van der Waals surface area contributed by atoms with Gasteiger partial charge in [0.05, 0.1) is 18.2 Å². The number of benzene rings is 2. The molecule has 12 heteroatoms. The number of aromatic nitrogens is 3. The van der Waals surface area contributed by atoms with Crippen LogP contribution in [0.25, 0.3) is 0 Å². The topological polar surface area (TPSA) is 108 Å². The van der Waals surface area contributed by atoms with Crippen molar-refractivity contribution in [3.05, 3.63) is 74.3 Å². The summed E-state index contributed by atoms with van der Waals surface area (Å²) in [7, 11) is 1.45. The standard InChI is InChI=1S/C18H15F2N5O4S/c1-28-15-8-12(9-21-24-17(16(19)20)22-23-18(24)30)4-7-14(15)29-10-11-2-5-13(6-3-11)25(26)27/h2-9,16H,10H2,1H3,(H,23,30)/b21-9-. The Morgan fingerprint density at radius 2 is 2.03 bits per heavy atom. The van der Waals surface area contributed by atoms with E-state index in [-0.39, 0.29) is 17.1 Å². The molecule has 1 aromatic heterocycles. The van der Waals surface area contributed by atoms with Crippen LogP contribution in [-0.4, -0.2) is 33.1 Å². The van der Waals surface area contributed by atoms with Crippen molar-refractivity contribution in [2.75, 3.05) is 7.11 Å². The molecule has 0 unspecified atom stereocenters. The van der Waals surface area contributed by atoms with Gasteiger partial charge in [-0.05, 0) is 53.7 Å². The van der Waals surface area contributed by atoms with E-state index in [4.69, 9.17) is 21.7 Å². The van der Waals surface area contributed by atoms with Gasteiger partial charge in [0.15, 0.2) is 11.5 Å². The quantitative estimate of drug-likeness (QED) is 0.245. The normalized spacial score (nSPS) is 11.2. The maximum Gasteiger partial charge on any atom is 0.299 e. The first-order valence-electron chi connectivity index (χ1n) is 8.43. The van der Waals surface area contributed by atoms with Gasteiger partial charge >= 0.3 is 0 Å². The molecule has 3 aromatic rings. The number of halogens is 2. The Labute approximate surface area is 173 Å². The van der Waals surface area contributed by atoms with E-state index in [0.717, 1.165) is 10.2 Å². The molecule has 9 nitrogen and oxygen atoms in total. The minimum atomic E-state index is -2.83. The van der Waals surface area contributed by atoms with Gasteiger partial charge in [-0.25, -0.2) is 13.9 Å². The molecule has 30 heavy (non-hydrogen) atoms. The monoisotopic (exact) mass is 435 g/mol. The number of rotatable bonds is 8. The number of alkyl halides is 2. The summed E-state index contributed by atoms with van der Waals surface area (Å²) in [5, 5.41) is 20.4. The molecule has 156 valence electrons. The largest absolute Gasteiger partial charge is 0.493 e. The highest BCUT2D eigenvalue weighted by Crippen LogP contribution is 2.28. The first-order chi connectivity index (χ1) is 14.4. The predicted molar refractivity (Wildman–Crippen MR) is 106 cm³/mol. The van der Waals surface area contributed by atoms with Gasteiger partial charge in [0.25, 0.3) is 12.1 Å². The summed E-state index contributed by atoms with van der Waals surface area (Å²) in [5.74, 6) is 0.234. The zero-order chi connectivity index (χ0) is 21.7. The highest BCUT2D eigenvalue weighted by atomic mass is 32.1. The molecule has 3 rings (SSSR count). The molecule has 0 spiro atoms. The van der Waals surface area contributed by atoms with Crippen molar-refractivity contribution in [1.29, 1.82) is 0 Å². The van der Waals surface area contributed by atoms with E-state index in [1.807, 2.05) is 0 Å². The van der Waals surface area contributed by atoms with E-state index in [2.05, 4.69) is 15.3 Å². The number of ether oxygens (including phenoxy) is 2. The molecular formula is C18H15F2N5O4S. The fourth-order valence-corrected chi connectivity index (χ4v) is 2.63. The van der Waals surface area contributed by atoms with Gasteiger partial charge in [0.1, 0.15) is 6.61 Å². The fourth-order valence-electron chi connectivity index (χ4n) is 2.44. The van der Waals surface area contributed by atoms with Crippen molar-refractivity contribution < 1.29 is 23.2 Å². The average molecular weight is 435 g/mol. The van der Waals surface area contributed by atoms with Gasteiger partial charge in [-0.3, -0.25) is 10.1 Å².